The molecule has 2 N–H and O–H groups in total. The van der Waals surface area contributed by atoms with E-state index in [-0.39, 0.29) is 0 Å². The minimum Gasteiger partial charge on any atom is -0.476 e. The van der Waals surface area contributed by atoms with E-state index in [2.05, 4.69) is 14.9 Å². The maximum atomic E-state index is 6.07. The summed E-state index contributed by atoms with van der Waals surface area (Å²) in [6.07, 6.45) is 3.86. The van der Waals surface area contributed by atoms with Gasteiger partial charge in [0.2, 0.25) is 5.88 Å². The number of nitrogens with zero attached hydrogens (tertiary/aromatic N) is 3. The molecule has 0 unspecified atom stereocenters. The third kappa shape index (κ3) is 3.26. The Labute approximate surface area is 113 Å². The first-order chi connectivity index (χ1) is 9.26. The van der Waals surface area contributed by atoms with E-state index in [1.807, 2.05) is 13.8 Å². The summed E-state index contributed by atoms with van der Waals surface area (Å²) >= 11 is 0. The van der Waals surface area contributed by atoms with Gasteiger partial charge in [0, 0.05) is 19.7 Å². The van der Waals surface area contributed by atoms with Crippen LogP contribution in [0.3, 0.4) is 0 Å². The van der Waals surface area contributed by atoms with Crippen LogP contribution in [0.15, 0.2) is 6.33 Å². The van der Waals surface area contributed by atoms with Crippen molar-refractivity contribution < 1.29 is 9.47 Å². The van der Waals surface area contributed by atoms with Crippen LogP contribution in [-0.2, 0) is 4.74 Å². The van der Waals surface area contributed by atoms with Crippen molar-refractivity contribution in [1.29, 1.82) is 0 Å². The second-order valence-electron chi connectivity index (χ2n) is 4.49. The average molecular weight is 266 g/mol. The zero-order valence-electron chi connectivity index (χ0n) is 11.6. The van der Waals surface area contributed by atoms with E-state index in [1.54, 1.807) is 0 Å². The Morgan fingerprint density at radius 3 is 2.63 bits per heavy atom. The van der Waals surface area contributed by atoms with Gasteiger partial charge in [-0.3, -0.25) is 0 Å². The second-order valence-corrected chi connectivity index (χ2v) is 4.49. The van der Waals surface area contributed by atoms with Crippen LogP contribution in [-0.4, -0.2) is 42.4 Å². The summed E-state index contributed by atoms with van der Waals surface area (Å²) < 4.78 is 11.0. The van der Waals surface area contributed by atoms with Crippen LogP contribution < -0.4 is 15.4 Å². The van der Waals surface area contributed by atoms with Crippen LogP contribution in [0.4, 0.5) is 11.5 Å². The fourth-order valence-corrected chi connectivity index (χ4v) is 2.34. The van der Waals surface area contributed by atoms with Gasteiger partial charge in [-0.05, 0) is 26.7 Å². The number of anilines is 2. The fraction of sp³-hybridized carbons (Fsp3) is 0.692. The van der Waals surface area contributed by atoms with E-state index in [1.165, 1.54) is 6.33 Å². The standard InChI is InChI=1S/C13H22N4O2/c1-3-18-10-5-7-17(8-6-10)12-11(14)13(19-4-2)16-9-15-12/h9-10H,3-8,14H2,1-2H3. The predicted octanol–water partition coefficient (Wildman–Crippen LogP) is 1.46. The van der Waals surface area contributed by atoms with Crippen molar-refractivity contribution in [1.82, 2.24) is 9.97 Å². The molecule has 1 aromatic heterocycles. The van der Waals surface area contributed by atoms with Gasteiger partial charge in [-0.15, -0.1) is 0 Å². The molecule has 0 bridgehead atoms. The van der Waals surface area contributed by atoms with Crippen LogP contribution in [0.25, 0.3) is 0 Å². The smallest absolute Gasteiger partial charge is 0.242 e. The lowest BCUT2D eigenvalue weighted by Crippen LogP contribution is -2.38. The maximum Gasteiger partial charge on any atom is 0.242 e. The molecule has 0 aromatic carbocycles. The number of ether oxygens (including phenoxy) is 2. The van der Waals surface area contributed by atoms with E-state index in [0.29, 0.717) is 24.3 Å². The summed E-state index contributed by atoms with van der Waals surface area (Å²) in [7, 11) is 0. The number of rotatable bonds is 5. The van der Waals surface area contributed by atoms with Gasteiger partial charge in [0.1, 0.15) is 12.0 Å². The van der Waals surface area contributed by atoms with Crippen molar-refractivity contribution in [2.75, 3.05) is 36.9 Å². The zero-order chi connectivity index (χ0) is 13.7. The third-order valence-corrected chi connectivity index (χ3v) is 3.25. The molecule has 1 aliphatic heterocycles. The van der Waals surface area contributed by atoms with E-state index in [0.717, 1.165) is 38.4 Å². The summed E-state index contributed by atoms with van der Waals surface area (Å²) in [5.74, 6) is 1.24. The molecule has 0 amide bonds. The molecular weight excluding hydrogens is 244 g/mol. The molecule has 6 heteroatoms. The van der Waals surface area contributed by atoms with Crippen LogP contribution in [0.5, 0.6) is 5.88 Å². The molecule has 2 heterocycles. The lowest BCUT2D eigenvalue weighted by molar-refractivity contribution is 0.0458. The van der Waals surface area contributed by atoms with Crippen LogP contribution in [0.1, 0.15) is 26.7 Å². The highest BCUT2D eigenvalue weighted by molar-refractivity contribution is 5.67. The third-order valence-electron chi connectivity index (χ3n) is 3.25. The molecule has 0 saturated carbocycles. The first-order valence-corrected chi connectivity index (χ1v) is 6.86. The predicted molar refractivity (Wildman–Crippen MR) is 74.5 cm³/mol. The minimum atomic E-state index is 0.357. The normalized spacial score (nSPS) is 16.6. The van der Waals surface area contributed by atoms with Crippen LogP contribution >= 0.6 is 0 Å². The average Bonchev–Trinajstić information content (AvgIpc) is 2.43. The molecule has 0 aliphatic carbocycles. The summed E-state index contributed by atoms with van der Waals surface area (Å²) in [4.78, 5) is 10.5. The van der Waals surface area contributed by atoms with Crippen molar-refractivity contribution in [3.8, 4) is 5.88 Å². The molecule has 6 nitrogen and oxygen atoms in total. The topological polar surface area (TPSA) is 73.5 Å². The first-order valence-electron chi connectivity index (χ1n) is 6.86. The molecule has 1 aromatic rings. The maximum absolute atomic E-state index is 6.07. The van der Waals surface area contributed by atoms with Gasteiger partial charge >= 0.3 is 0 Å². The largest absolute Gasteiger partial charge is 0.476 e. The fourth-order valence-electron chi connectivity index (χ4n) is 2.34. The number of nitrogen functional groups attached to an aromatic ring is 1. The number of piperidine rings is 1. The quantitative estimate of drug-likeness (QED) is 0.870. The molecule has 0 spiro atoms. The molecule has 106 valence electrons. The van der Waals surface area contributed by atoms with Gasteiger partial charge in [0.25, 0.3) is 0 Å². The second kappa shape index (κ2) is 6.56. The van der Waals surface area contributed by atoms with E-state index >= 15 is 0 Å². The van der Waals surface area contributed by atoms with Gasteiger partial charge in [0.15, 0.2) is 5.82 Å². The van der Waals surface area contributed by atoms with Gasteiger partial charge in [-0.1, -0.05) is 0 Å². The Balaban J connectivity index is 2.05. The van der Waals surface area contributed by atoms with E-state index < -0.39 is 0 Å². The molecular formula is C13H22N4O2. The van der Waals surface area contributed by atoms with Gasteiger partial charge in [0.05, 0.1) is 12.7 Å². The molecule has 1 saturated heterocycles. The molecule has 0 radical (unpaired) electrons. The van der Waals surface area contributed by atoms with Crippen molar-refractivity contribution in [2.45, 2.75) is 32.8 Å². The van der Waals surface area contributed by atoms with Crippen molar-refractivity contribution in [3.63, 3.8) is 0 Å². The molecule has 1 fully saturated rings. The highest BCUT2D eigenvalue weighted by Crippen LogP contribution is 2.30. The first kappa shape index (κ1) is 13.9. The van der Waals surface area contributed by atoms with Gasteiger partial charge in [-0.25, -0.2) is 4.98 Å². The Morgan fingerprint density at radius 2 is 2.00 bits per heavy atom. The summed E-state index contributed by atoms with van der Waals surface area (Å²) in [5, 5.41) is 0. The highest BCUT2D eigenvalue weighted by Gasteiger charge is 2.23. The number of nitrogens with two attached hydrogens (primary N) is 1. The van der Waals surface area contributed by atoms with Crippen molar-refractivity contribution >= 4 is 11.5 Å². The number of hydrogen-bond donors (Lipinski definition) is 1. The SMILES string of the molecule is CCOc1ncnc(N2CCC(OCC)CC2)c1N. The summed E-state index contributed by atoms with van der Waals surface area (Å²) in [6, 6.07) is 0. The van der Waals surface area contributed by atoms with Gasteiger partial charge < -0.3 is 20.1 Å². The number of hydrogen-bond acceptors (Lipinski definition) is 6. The van der Waals surface area contributed by atoms with Crippen LogP contribution in [0.2, 0.25) is 0 Å². The Hall–Kier alpha value is -1.56. The van der Waals surface area contributed by atoms with E-state index in [9.17, 15) is 0 Å². The lowest BCUT2D eigenvalue weighted by atomic mass is 10.1. The Morgan fingerprint density at radius 1 is 1.26 bits per heavy atom. The van der Waals surface area contributed by atoms with Crippen molar-refractivity contribution in [2.24, 2.45) is 0 Å². The van der Waals surface area contributed by atoms with Crippen molar-refractivity contribution in [3.05, 3.63) is 6.33 Å². The summed E-state index contributed by atoms with van der Waals surface area (Å²) in [5.41, 5.74) is 6.60. The minimum absolute atomic E-state index is 0.357. The van der Waals surface area contributed by atoms with Crippen LogP contribution in [0, 0.1) is 0 Å². The Kier molecular flexibility index (Phi) is 4.79. The Bertz CT molecular complexity index is 406. The highest BCUT2D eigenvalue weighted by atomic mass is 16.5. The molecule has 1 aliphatic rings. The monoisotopic (exact) mass is 266 g/mol. The summed E-state index contributed by atoms with van der Waals surface area (Å²) in [6.45, 7) is 7.06. The van der Waals surface area contributed by atoms with Gasteiger partial charge in [-0.2, -0.15) is 4.98 Å². The zero-order valence-corrected chi connectivity index (χ0v) is 11.6. The molecule has 0 atom stereocenters. The number of aromatic nitrogens is 2. The van der Waals surface area contributed by atoms with E-state index in [4.69, 9.17) is 15.2 Å². The molecule has 2 rings (SSSR count). The molecule has 19 heavy (non-hydrogen) atoms. The lowest BCUT2D eigenvalue weighted by Gasteiger charge is -2.33.